The summed E-state index contributed by atoms with van der Waals surface area (Å²) in [5, 5.41) is 83.5. The standard InChI is InChI=1S/C59H95N22O27P3S/c1-28(49(91)73-32(23-82)15-16-41(87)88)72-51(93)35(20-31-10-5-4-6-11-31)76-52(94)36(22-68-40(86)25-112-111(103,104)108-110(101,102)107-109(99,100)105-24-38-45(89)46(90)57(106-38)81-27-71-44-47(61)69-26-70-48(44)81)77-54(96)42(29(2)83)79-55(97)43(30(3)84)78-50(92)33(12-7-17-66-58(62)63)75-53(95)37-14-9-19-80(37)56(98)34(74-39(85)21-60)13-8-18-67-59(64)65/h4-6,10-11,26-30,32-38,42-43,45-46,57,82-84,89-90H,7-9,12-25,60H2,1-3H3,(H,68,86)(H,72,93)(H,73,91)(H,74,85)(H,75,95)(H,76,94)(H,77,96)(H,78,92)(H,79,97)(H,87,88)(H,99,100)(H,101,102)(H,103,104)(H2,61,69,70)(H4,62,63,66)(H4,64,65,67)/t28-,29+,30+,32-,33-,34-,35-,36-,37-,38+,42-,43-,45+,46+,57+/m0/s1. The molecule has 624 valence electrons. The van der Waals surface area contributed by atoms with E-state index in [4.69, 9.17) is 44.2 Å². The van der Waals surface area contributed by atoms with Crippen molar-refractivity contribution in [2.75, 3.05) is 57.4 Å². The van der Waals surface area contributed by atoms with E-state index in [0.717, 1.165) is 31.1 Å². The molecule has 2 fully saturated rings. The van der Waals surface area contributed by atoms with Crippen LogP contribution in [0.4, 0.5) is 5.82 Å². The van der Waals surface area contributed by atoms with Crippen molar-refractivity contribution in [2.24, 2.45) is 38.7 Å². The third kappa shape index (κ3) is 29.7. The van der Waals surface area contributed by atoms with E-state index in [-0.39, 0.29) is 93.5 Å². The van der Waals surface area contributed by atoms with Gasteiger partial charge < -0.3 is 137 Å². The van der Waals surface area contributed by atoms with E-state index >= 15 is 0 Å². The van der Waals surface area contributed by atoms with Gasteiger partial charge in [0.2, 0.25) is 59.1 Å². The number of phosphoric acid groups is 2. The van der Waals surface area contributed by atoms with Crippen molar-refractivity contribution in [3.63, 3.8) is 0 Å². The number of carboxylic acid groups (broad SMARTS) is 1. The van der Waals surface area contributed by atoms with E-state index in [1.54, 1.807) is 18.2 Å². The maximum Gasteiger partial charge on any atom is 0.488 e. The van der Waals surface area contributed by atoms with Crippen LogP contribution in [0.25, 0.3) is 11.2 Å². The molecule has 0 aliphatic carbocycles. The summed E-state index contributed by atoms with van der Waals surface area (Å²) in [4.78, 5) is 203. The molecule has 4 heterocycles. The second-order valence-corrected chi connectivity index (χ2v) is 32.4. The number of fused-ring (bicyclic) bond motifs is 1. The molecule has 2 saturated heterocycles. The van der Waals surface area contributed by atoms with Crippen LogP contribution in [0.3, 0.4) is 0 Å². The molecule has 49 nitrogen and oxygen atoms in total. The van der Waals surface area contributed by atoms with Crippen LogP contribution in [0, 0.1) is 0 Å². The number of phosphoric ester groups is 1. The molecule has 2 aliphatic rings. The summed E-state index contributed by atoms with van der Waals surface area (Å²) in [5.41, 5.74) is 33.6. The van der Waals surface area contributed by atoms with Crippen LogP contribution in [-0.2, 0) is 90.7 Å². The number of nitrogen functional groups attached to an aromatic ring is 1. The highest BCUT2D eigenvalue weighted by Crippen LogP contribution is 2.71. The number of aliphatic hydroxyl groups is 5. The number of aliphatic hydroxyl groups excluding tert-OH is 5. The molecule has 30 N–H and O–H groups in total. The fraction of sp³-hybridized carbons (Fsp3) is 0.593. The van der Waals surface area contributed by atoms with Crippen LogP contribution >= 0.6 is 33.8 Å². The third-order valence-corrected chi connectivity index (χ3v) is 23.0. The predicted molar refractivity (Wildman–Crippen MR) is 391 cm³/mol. The van der Waals surface area contributed by atoms with Crippen LogP contribution in [0.1, 0.15) is 83.9 Å². The van der Waals surface area contributed by atoms with Gasteiger partial charge in [0.25, 0.3) is 0 Å². The SMILES string of the molecule is C[C@H](NC(=O)[C@H](Cc1ccccc1)NC(=O)[C@H](CNC(=O)CSP(=O)(O)OP(=O)(O)OP(=O)(O)OC[C@H]1O[C@@H](n2cnc3c(N)ncnc32)[C@H](O)[C@@H]1O)NC(=O)[C@@H](NC(=O)[C@@H](NC(=O)[C@H](CCCN=C(N)N)NC(=O)[C@@H]1CCCN1C(=O)[C@H](CCCN=C(N)N)NC(=O)CN)[C@@H](C)O)[C@@H](C)O)C(=O)N[C@H](CO)CCC(=O)O. The van der Waals surface area contributed by atoms with Gasteiger partial charge in [-0.2, -0.15) is 8.62 Å². The number of aromatic nitrogens is 4. The third-order valence-electron chi connectivity index (χ3n) is 16.6. The molecule has 53 heteroatoms. The maximum atomic E-state index is 14.6. The van der Waals surface area contributed by atoms with Crippen molar-refractivity contribution in [3.8, 4) is 0 Å². The first-order valence-electron chi connectivity index (χ1n) is 34.2. The van der Waals surface area contributed by atoms with Crippen LogP contribution in [0.5, 0.6) is 0 Å². The number of anilines is 1. The van der Waals surface area contributed by atoms with Crippen LogP contribution in [0.2, 0.25) is 0 Å². The number of aliphatic carboxylic acids is 1. The van der Waals surface area contributed by atoms with Crippen LogP contribution < -0.4 is 82.3 Å². The molecule has 3 aromatic rings. The van der Waals surface area contributed by atoms with Gasteiger partial charge >= 0.3 is 28.4 Å². The first kappa shape index (κ1) is 93.4. The van der Waals surface area contributed by atoms with Gasteiger partial charge in [-0.3, -0.25) is 71.8 Å². The summed E-state index contributed by atoms with van der Waals surface area (Å²) in [6.45, 7) is -6.04. The van der Waals surface area contributed by atoms with Crippen LogP contribution in [0.15, 0.2) is 53.0 Å². The minimum atomic E-state index is -6.21. The molecule has 10 amide bonds. The largest absolute Gasteiger partial charge is 0.488 e. The first-order valence-corrected chi connectivity index (χ1v) is 40.4. The highest BCUT2D eigenvalue weighted by molar-refractivity contribution is 8.55. The molecule has 0 saturated carbocycles. The number of benzene rings is 1. The number of ether oxygens (including phenoxy) is 1. The highest BCUT2D eigenvalue weighted by atomic mass is 32.7. The molecule has 5 rings (SSSR count). The number of nitrogens with zero attached hydrogens (tertiary/aromatic N) is 7. The number of imidazole rings is 1. The Bertz CT molecular complexity index is 4000. The lowest BCUT2D eigenvalue weighted by Gasteiger charge is -2.31. The Morgan fingerprint density at radius 1 is 0.696 bits per heavy atom. The van der Waals surface area contributed by atoms with E-state index in [1.165, 1.54) is 24.0 Å². The average Bonchev–Trinajstić information content (AvgIpc) is 1.62. The summed E-state index contributed by atoms with van der Waals surface area (Å²) >= 11 is -0.441. The van der Waals surface area contributed by atoms with E-state index in [0.29, 0.717) is 5.56 Å². The summed E-state index contributed by atoms with van der Waals surface area (Å²) in [6, 6.07) is -7.08. The number of carbonyl (C=O) groups excluding carboxylic acids is 10. The lowest BCUT2D eigenvalue weighted by atomic mass is 10.0. The molecular weight excluding hydrogens is 1570 g/mol. The number of nitrogens with one attached hydrogen (secondary N) is 9. The topological polar surface area (TPSA) is 794 Å². The first-order chi connectivity index (χ1) is 52.6. The zero-order chi connectivity index (χ0) is 83.5. The number of carboxylic acids is 1. The van der Waals surface area contributed by atoms with Crippen molar-refractivity contribution >= 4 is 128 Å². The van der Waals surface area contributed by atoms with Crippen molar-refractivity contribution in [3.05, 3.63) is 48.5 Å². The lowest BCUT2D eigenvalue weighted by molar-refractivity contribution is -0.142. The summed E-state index contributed by atoms with van der Waals surface area (Å²) < 4.78 is 58.9. The van der Waals surface area contributed by atoms with Crippen molar-refractivity contribution < 1.29 is 130 Å². The zero-order valence-corrected chi connectivity index (χ0v) is 63.9. The monoisotopic (exact) mass is 1670 g/mol. The number of carbonyl (C=O) groups is 11. The van der Waals surface area contributed by atoms with Gasteiger partial charge in [0.05, 0.1) is 50.1 Å². The van der Waals surface area contributed by atoms with Gasteiger partial charge in [0, 0.05) is 39.0 Å². The molecule has 2 aromatic heterocycles. The minimum Gasteiger partial charge on any atom is -0.481 e. The lowest BCUT2D eigenvalue weighted by Crippen LogP contribution is -2.64. The van der Waals surface area contributed by atoms with Gasteiger partial charge in [-0.15, -0.1) is 0 Å². The Morgan fingerprint density at radius 3 is 1.88 bits per heavy atom. The van der Waals surface area contributed by atoms with E-state index in [1.807, 2.05) is 0 Å². The molecule has 0 radical (unpaired) electrons. The molecule has 0 spiro atoms. The molecule has 2 aliphatic heterocycles. The minimum absolute atomic E-state index is 0.00715. The Balaban J connectivity index is 1.36. The molecular formula is C59H95N22O27P3S. The number of aliphatic imine (C=N–C) groups is 2. The van der Waals surface area contributed by atoms with Gasteiger partial charge in [0.15, 0.2) is 29.6 Å². The Hall–Kier alpha value is -9.20. The van der Waals surface area contributed by atoms with Gasteiger partial charge in [-0.25, -0.2) is 28.6 Å². The summed E-state index contributed by atoms with van der Waals surface area (Å²) in [6.07, 6.45) is -9.36. The number of hydrogen-bond donors (Lipinski definition) is 24. The number of hydrogen-bond acceptors (Lipinski definition) is 31. The predicted octanol–water partition coefficient (Wildman–Crippen LogP) is -8.96. The van der Waals surface area contributed by atoms with E-state index in [2.05, 4.69) is 85.9 Å². The van der Waals surface area contributed by atoms with Gasteiger partial charge in [0.1, 0.15) is 78.5 Å². The van der Waals surface area contributed by atoms with Crippen molar-refractivity contribution in [2.45, 2.75) is 170 Å². The second kappa shape index (κ2) is 43.7. The van der Waals surface area contributed by atoms with Gasteiger partial charge in [-0.1, -0.05) is 30.3 Å². The second-order valence-electron chi connectivity index (χ2n) is 25.4. The van der Waals surface area contributed by atoms with Gasteiger partial charge in [-0.05, 0) is 82.7 Å². The summed E-state index contributed by atoms with van der Waals surface area (Å²) in [7, 11) is -12.1. The van der Waals surface area contributed by atoms with E-state index < -0.39 is 235 Å². The van der Waals surface area contributed by atoms with Crippen molar-refractivity contribution in [1.82, 2.24) is 72.3 Å². The number of guanidine groups is 2. The maximum absolute atomic E-state index is 14.6. The molecule has 1 aromatic carbocycles. The smallest absolute Gasteiger partial charge is 0.481 e. The number of amides is 10. The van der Waals surface area contributed by atoms with E-state index in [9.17, 15) is 107 Å². The average molecular weight is 1670 g/mol. The number of nitrogens with two attached hydrogens (primary N) is 6. The molecule has 0 bridgehead atoms. The highest BCUT2D eigenvalue weighted by Gasteiger charge is 2.48. The number of rotatable bonds is 46. The fourth-order valence-corrected chi connectivity index (χ4v) is 16.5. The molecule has 18 atom stereocenters. The molecule has 3 unspecified atom stereocenters. The Morgan fingerprint density at radius 2 is 1.29 bits per heavy atom. The normalized spacial score (nSPS) is 20.4. The van der Waals surface area contributed by atoms with Crippen molar-refractivity contribution in [1.29, 1.82) is 0 Å². The summed E-state index contributed by atoms with van der Waals surface area (Å²) in [5.74, 6) is -14.3. The Labute approximate surface area is 641 Å². The fourth-order valence-electron chi connectivity index (χ4n) is 10.9. The Kier molecular flexibility index (Phi) is 36.5. The number of likely N-dealkylation sites (tertiary alicyclic amines) is 1. The molecule has 112 heavy (non-hydrogen) atoms. The zero-order valence-electron chi connectivity index (χ0n) is 60.4. The van der Waals surface area contributed by atoms with Crippen LogP contribution in [-0.4, -0.2) is 283 Å². The quantitative estimate of drug-likeness (QED) is 0.0108.